The number of hydrogen-bond acceptors (Lipinski definition) is 2. The smallest absolute Gasteiger partial charge is 0.255 e. The second-order valence-electron chi connectivity index (χ2n) is 5.92. The molecule has 1 heterocycles. The van der Waals surface area contributed by atoms with E-state index < -0.39 is 0 Å². The van der Waals surface area contributed by atoms with Gasteiger partial charge in [-0.2, -0.15) is 0 Å². The minimum atomic E-state index is -0.299. The highest BCUT2D eigenvalue weighted by Gasteiger charge is 2.30. The van der Waals surface area contributed by atoms with Crippen LogP contribution in [0.3, 0.4) is 0 Å². The molecule has 1 amide bonds. The van der Waals surface area contributed by atoms with Crippen molar-refractivity contribution in [1.82, 2.24) is 5.32 Å². The topological polar surface area (TPSA) is 42.2 Å². The summed E-state index contributed by atoms with van der Waals surface area (Å²) in [4.78, 5) is 12.4. The van der Waals surface area contributed by atoms with Crippen molar-refractivity contribution in [1.29, 1.82) is 0 Å². The maximum absolute atomic E-state index is 13.2. The lowest BCUT2D eigenvalue weighted by molar-refractivity contribution is 0.0963. The first-order valence-electron chi connectivity index (χ1n) is 7.72. The van der Waals surface area contributed by atoms with Gasteiger partial charge in [-0.05, 0) is 54.3 Å². The molecule has 1 aliphatic heterocycles. The van der Waals surface area contributed by atoms with Gasteiger partial charge in [-0.3, -0.25) is 4.79 Å². The van der Waals surface area contributed by atoms with Gasteiger partial charge in [0.25, 0.3) is 5.91 Å². The third kappa shape index (κ3) is 2.40. The third-order valence-corrected chi connectivity index (χ3v) is 4.29. The molecule has 1 fully saturated rings. The molecule has 1 aromatic carbocycles. The molecule has 3 aliphatic rings. The van der Waals surface area contributed by atoms with E-state index in [1.54, 1.807) is 19.2 Å². The van der Waals surface area contributed by atoms with Gasteiger partial charge >= 0.3 is 0 Å². The Kier molecular flexibility index (Phi) is 3.18. The SMILES string of the molecule is CNC(=O)c1c(-c2ccc(F)cc2)cc2ccc(C3CC3)oc1-2. The summed E-state index contributed by atoms with van der Waals surface area (Å²) in [5.41, 5.74) is 2.95. The van der Waals surface area contributed by atoms with Crippen molar-refractivity contribution in [3.63, 3.8) is 0 Å². The van der Waals surface area contributed by atoms with E-state index in [0.29, 0.717) is 17.2 Å². The maximum Gasteiger partial charge on any atom is 0.255 e. The number of benzene rings is 1. The van der Waals surface area contributed by atoms with Crippen molar-refractivity contribution in [3.05, 3.63) is 59.6 Å². The van der Waals surface area contributed by atoms with E-state index in [1.165, 1.54) is 12.1 Å². The Balaban J connectivity index is 1.93. The highest BCUT2D eigenvalue weighted by molar-refractivity contribution is 6.08. The van der Waals surface area contributed by atoms with E-state index in [-0.39, 0.29) is 11.7 Å². The van der Waals surface area contributed by atoms with Crippen molar-refractivity contribution >= 4 is 5.91 Å². The molecule has 116 valence electrons. The summed E-state index contributed by atoms with van der Waals surface area (Å²) in [6.07, 6.45) is 2.27. The van der Waals surface area contributed by atoms with Crippen LogP contribution in [0.4, 0.5) is 4.39 Å². The minimum absolute atomic E-state index is 0.198. The van der Waals surface area contributed by atoms with E-state index in [2.05, 4.69) is 5.32 Å². The normalized spacial score (nSPS) is 14.2. The molecule has 0 radical (unpaired) electrons. The van der Waals surface area contributed by atoms with Gasteiger partial charge in [0.2, 0.25) is 0 Å². The molecule has 4 heteroatoms. The van der Waals surface area contributed by atoms with Gasteiger partial charge in [0, 0.05) is 18.5 Å². The Morgan fingerprint density at radius 3 is 2.48 bits per heavy atom. The zero-order valence-corrected chi connectivity index (χ0v) is 12.7. The summed E-state index contributed by atoms with van der Waals surface area (Å²) >= 11 is 0. The molecule has 4 rings (SSSR count). The maximum atomic E-state index is 13.2. The lowest BCUT2D eigenvalue weighted by Gasteiger charge is -2.07. The Morgan fingerprint density at radius 2 is 1.83 bits per heavy atom. The fraction of sp³-hybridized carbons (Fsp3) is 0.211. The molecule has 1 N–H and O–H groups in total. The number of fused-ring (bicyclic) bond motifs is 1. The first-order chi connectivity index (χ1) is 11.2. The molecule has 1 aromatic rings. The number of hydrogen-bond donors (Lipinski definition) is 1. The molecule has 0 unspecified atom stereocenters. The van der Waals surface area contributed by atoms with Crippen LogP contribution in [-0.4, -0.2) is 13.0 Å². The Morgan fingerprint density at radius 1 is 1.13 bits per heavy atom. The number of nitrogens with one attached hydrogen (secondary N) is 1. The fourth-order valence-corrected chi connectivity index (χ4v) is 2.91. The summed E-state index contributed by atoms with van der Waals surface area (Å²) in [5, 5.41) is 2.67. The zero-order valence-electron chi connectivity index (χ0n) is 12.7. The van der Waals surface area contributed by atoms with Crippen LogP contribution in [0.15, 0.2) is 46.9 Å². The van der Waals surface area contributed by atoms with Crippen molar-refractivity contribution in [3.8, 4) is 22.5 Å². The summed E-state index contributed by atoms with van der Waals surface area (Å²) in [6, 6.07) is 12.1. The molecule has 0 bridgehead atoms. The van der Waals surface area contributed by atoms with Crippen molar-refractivity contribution in [2.45, 2.75) is 18.8 Å². The number of amides is 1. The van der Waals surface area contributed by atoms with Gasteiger partial charge in [-0.25, -0.2) is 4.39 Å². The molecule has 0 spiro atoms. The highest BCUT2D eigenvalue weighted by Crippen LogP contribution is 2.44. The summed E-state index contributed by atoms with van der Waals surface area (Å²) < 4.78 is 19.2. The summed E-state index contributed by atoms with van der Waals surface area (Å²) in [7, 11) is 1.60. The number of halogens is 1. The van der Waals surface area contributed by atoms with Crippen LogP contribution >= 0.6 is 0 Å². The second kappa shape index (κ2) is 5.23. The van der Waals surface area contributed by atoms with Crippen molar-refractivity contribution in [2.75, 3.05) is 7.05 Å². The predicted octanol–water partition coefficient (Wildman–Crippen LogP) is 4.43. The molecule has 23 heavy (non-hydrogen) atoms. The minimum Gasteiger partial charge on any atom is -0.460 e. The Bertz CT molecular complexity index is 846. The average Bonchev–Trinajstić information content (AvgIpc) is 3.35. The van der Waals surface area contributed by atoms with E-state index in [4.69, 9.17) is 4.42 Å². The number of carbonyl (C=O) groups is 1. The van der Waals surface area contributed by atoms with Crippen LogP contribution in [0, 0.1) is 5.82 Å². The standard InChI is InChI=1S/C19H16FNO2/c1-21-19(22)17-15(11-4-7-14(20)8-5-11)10-13-6-9-16(12-2-3-12)23-18(13)17/h4-10,12H,2-3H2,1H3,(H,21,22). The van der Waals surface area contributed by atoms with Crippen LogP contribution in [0.1, 0.15) is 34.9 Å². The molecular formula is C19H16FNO2. The predicted molar refractivity (Wildman–Crippen MR) is 86.1 cm³/mol. The molecule has 0 atom stereocenters. The zero-order chi connectivity index (χ0) is 16.0. The van der Waals surface area contributed by atoms with E-state index in [1.807, 2.05) is 18.2 Å². The van der Waals surface area contributed by atoms with Crippen LogP contribution < -0.4 is 5.32 Å². The van der Waals surface area contributed by atoms with E-state index >= 15 is 0 Å². The van der Waals surface area contributed by atoms with Crippen LogP contribution in [0.5, 0.6) is 0 Å². The van der Waals surface area contributed by atoms with Crippen LogP contribution in [0.25, 0.3) is 22.5 Å². The number of carbonyl (C=O) groups excluding carboxylic acids is 1. The monoisotopic (exact) mass is 309 g/mol. The lowest BCUT2D eigenvalue weighted by Crippen LogP contribution is -2.18. The molecular weight excluding hydrogens is 293 g/mol. The summed E-state index contributed by atoms with van der Waals surface area (Å²) in [5.74, 6) is 1.51. The van der Waals surface area contributed by atoms with Gasteiger partial charge < -0.3 is 9.73 Å². The second-order valence-corrected chi connectivity index (χ2v) is 5.92. The average molecular weight is 309 g/mol. The Hall–Kier alpha value is -2.62. The number of rotatable bonds is 3. The van der Waals surface area contributed by atoms with Gasteiger partial charge in [-0.15, -0.1) is 0 Å². The van der Waals surface area contributed by atoms with Gasteiger partial charge in [0.1, 0.15) is 17.3 Å². The molecule has 1 saturated carbocycles. The van der Waals surface area contributed by atoms with Gasteiger partial charge in [-0.1, -0.05) is 12.1 Å². The van der Waals surface area contributed by atoms with Crippen LogP contribution in [-0.2, 0) is 0 Å². The lowest BCUT2D eigenvalue weighted by atomic mass is 10.0. The first kappa shape index (κ1) is 14.0. The van der Waals surface area contributed by atoms with E-state index in [9.17, 15) is 9.18 Å². The quantitative estimate of drug-likeness (QED) is 0.778. The third-order valence-electron chi connectivity index (χ3n) is 4.29. The molecule has 3 nitrogen and oxygen atoms in total. The first-order valence-corrected chi connectivity index (χ1v) is 7.72. The van der Waals surface area contributed by atoms with Crippen molar-refractivity contribution < 1.29 is 13.6 Å². The Labute approximate surface area is 133 Å². The van der Waals surface area contributed by atoms with Gasteiger partial charge in [0.05, 0.1) is 5.56 Å². The fourth-order valence-electron chi connectivity index (χ4n) is 2.91. The van der Waals surface area contributed by atoms with E-state index in [0.717, 1.165) is 35.3 Å². The highest BCUT2D eigenvalue weighted by atomic mass is 19.1. The summed E-state index contributed by atoms with van der Waals surface area (Å²) in [6.45, 7) is 0. The van der Waals surface area contributed by atoms with Crippen molar-refractivity contribution in [2.24, 2.45) is 0 Å². The largest absolute Gasteiger partial charge is 0.460 e. The molecule has 2 aliphatic carbocycles. The van der Waals surface area contributed by atoms with Crippen LogP contribution in [0.2, 0.25) is 0 Å². The molecule has 0 aromatic heterocycles. The van der Waals surface area contributed by atoms with Gasteiger partial charge in [0.15, 0.2) is 0 Å². The molecule has 0 saturated heterocycles.